The van der Waals surface area contributed by atoms with E-state index in [1.165, 1.54) is 38.6 Å². The molecule has 1 saturated heterocycles. The van der Waals surface area contributed by atoms with Gasteiger partial charge in [-0.1, -0.05) is 25.1 Å². The normalized spacial score (nSPS) is 34.5. The van der Waals surface area contributed by atoms with Crippen LogP contribution in [0, 0.1) is 5.92 Å². The molecule has 0 spiro atoms. The van der Waals surface area contributed by atoms with E-state index in [0.29, 0.717) is 4.99 Å². The van der Waals surface area contributed by atoms with Crippen LogP contribution in [-0.4, -0.2) is 29.0 Å². The van der Waals surface area contributed by atoms with Gasteiger partial charge >= 0.3 is 0 Å². The molecule has 2 N–H and O–H groups in total. The van der Waals surface area contributed by atoms with Crippen LogP contribution >= 0.6 is 12.2 Å². The average molecular weight is 198 g/mol. The molecule has 1 aliphatic heterocycles. The first kappa shape index (κ1) is 9.41. The Bertz CT molecular complexity index is 205. The maximum absolute atomic E-state index is 5.58. The zero-order valence-corrected chi connectivity index (χ0v) is 8.85. The molecule has 0 bridgehead atoms. The average Bonchev–Trinajstić information content (AvgIpc) is 2.48. The number of hydrogen-bond acceptors (Lipinski definition) is 2. The Labute approximate surface area is 85.5 Å². The van der Waals surface area contributed by atoms with Crippen molar-refractivity contribution in [2.24, 2.45) is 11.7 Å². The number of fused-ring (bicyclic) bond motifs is 1. The zero-order chi connectivity index (χ0) is 9.26. The molecule has 2 atom stereocenters. The minimum absolute atomic E-state index is 0.659. The van der Waals surface area contributed by atoms with E-state index in [1.54, 1.807) is 0 Å². The highest BCUT2D eigenvalue weighted by molar-refractivity contribution is 7.80. The first-order valence-electron chi connectivity index (χ1n) is 5.30. The van der Waals surface area contributed by atoms with Gasteiger partial charge in [0.15, 0.2) is 0 Å². The molecule has 0 aromatic rings. The molecular weight excluding hydrogens is 180 g/mol. The standard InChI is InChI=1S/C10H18N2S/c11-10(13)7-12-6-5-8-3-1-2-4-9(8)12/h8-9H,1-7H2,(H2,11,13)/t8-,9-/m0/s1. The fourth-order valence-electron chi connectivity index (χ4n) is 2.90. The number of hydrogen-bond donors (Lipinski definition) is 1. The van der Waals surface area contributed by atoms with Gasteiger partial charge in [-0.05, 0) is 31.7 Å². The molecule has 1 saturated carbocycles. The first-order valence-corrected chi connectivity index (χ1v) is 5.70. The third kappa shape index (κ3) is 2.02. The van der Waals surface area contributed by atoms with Gasteiger partial charge in [0, 0.05) is 12.6 Å². The number of nitrogens with two attached hydrogens (primary N) is 1. The lowest BCUT2D eigenvalue weighted by Crippen LogP contribution is -2.39. The number of thiocarbonyl (C=S) groups is 1. The van der Waals surface area contributed by atoms with Crippen molar-refractivity contribution in [3.8, 4) is 0 Å². The summed E-state index contributed by atoms with van der Waals surface area (Å²) in [7, 11) is 0. The van der Waals surface area contributed by atoms with E-state index in [2.05, 4.69) is 4.90 Å². The number of rotatable bonds is 2. The molecule has 3 heteroatoms. The van der Waals surface area contributed by atoms with Gasteiger partial charge in [-0.25, -0.2) is 0 Å². The Kier molecular flexibility index (Phi) is 2.84. The minimum Gasteiger partial charge on any atom is -0.392 e. The highest BCUT2D eigenvalue weighted by Gasteiger charge is 2.35. The summed E-state index contributed by atoms with van der Waals surface area (Å²) in [5.74, 6) is 0.947. The SMILES string of the molecule is NC(=S)CN1CC[C@@H]2CCCC[C@@H]21. The largest absolute Gasteiger partial charge is 0.392 e. The van der Waals surface area contributed by atoms with Crippen LogP contribution in [0.1, 0.15) is 32.1 Å². The molecule has 2 aliphatic rings. The van der Waals surface area contributed by atoms with Gasteiger partial charge in [0.25, 0.3) is 0 Å². The summed E-state index contributed by atoms with van der Waals surface area (Å²) in [6.07, 6.45) is 7.00. The Balaban J connectivity index is 1.94. The molecule has 13 heavy (non-hydrogen) atoms. The topological polar surface area (TPSA) is 29.3 Å². The van der Waals surface area contributed by atoms with Crippen molar-refractivity contribution in [1.29, 1.82) is 0 Å². The summed E-state index contributed by atoms with van der Waals surface area (Å²) in [6, 6.07) is 0.801. The van der Waals surface area contributed by atoms with Crippen molar-refractivity contribution < 1.29 is 0 Å². The van der Waals surface area contributed by atoms with Crippen LogP contribution in [-0.2, 0) is 0 Å². The van der Waals surface area contributed by atoms with Crippen molar-refractivity contribution in [2.75, 3.05) is 13.1 Å². The van der Waals surface area contributed by atoms with Crippen LogP contribution in [0.3, 0.4) is 0 Å². The van der Waals surface area contributed by atoms with Gasteiger partial charge in [0.1, 0.15) is 0 Å². The summed E-state index contributed by atoms with van der Waals surface area (Å²) < 4.78 is 0. The van der Waals surface area contributed by atoms with Crippen molar-refractivity contribution in [3.63, 3.8) is 0 Å². The van der Waals surface area contributed by atoms with E-state index in [0.717, 1.165) is 18.5 Å². The summed E-state index contributed by atoms with van der Waals surface area (Å²) in [5, 5.41) is 0. The fourth-order valence-corrected chi connectivity index (χ4v) is 3.07. The van der Waals surface area contributed by atoms with E-state index in [-0.39, 0.29) is 0 Å². The van der Waals surface area contributed by atoms with Gasteiger partial charge in [0.05, 0.1) is 4.99 Å². The van der Waals surface area contributed by atoms with E-state index in [1.807, 2.05) is 0 Å². The highest BCUT2D eigenvalue weighted by Crippen LogP contribution is 2.35. The van der Waals surface area contributed by atoms with Gasteiger partial charge < -0.3 is 5.73 Å². The predicted octanol–water partition coefficient (Wildman–Crippen LogP) is 1.54. The number of nitrogens with zero attached hydrogens (tertiary/aromatic N) is 1. The van der Waals surface area contributed by atoms with Gasteiger partial charge in [-0.2, -0.15) is 0 Å². The molecule has 0 amide bonds. The molecule has 0 radical (unpaired) electrons. The maximum Gasteiger partial charge on any atom is 0.0870 e. The quantitative estimate of drug-likeness (QED) is 0.682. The van der Waals surface area contributed by atoms with Gasteiger partial charge in [-0.3, -0.25) is 4.90 Å². The van der Waals surface area contributed by atoms with Crippen LogP contribution in [0.4, 0.5) is 0 Å². The van der Waals surface area contributed by atoms with Crippen LogP contribution in [0.15, 0.2) is 0 Å². The molecular formula is C10H18N2S. The lowest BCUT2D eigenvalue weighted by atomic mass is 9.85. The van der Waals surface area contributed by atoms with Crippen LogP contribution in [0.25, 0.3) is 0 Å². The molecule has 74 valence electrons. The molecule has 0 aromatic heterocycles. The Morgan fingerprint density at radius 2 is 2.08 bits per heavy atom. The second kappa shape index (κ2) is 3.93. The van der Waals surface area contributed by atoms with Crippen molar-refractivity contribution in [2.45, 2.75) is 38.1 Å². The van der Waals surface area contributed by atoms with Crippen LogP contribution in [0.5, 0.6) is 0 Å². The summed E-state index contributed by atoms with van der Waals surface area (Å²) in [6.45, 7) is 2.06. The third-order valence-corrected chi connectivity index (χ3v) is 3.61. The van der Waals surface area contributed by atoms with E-state index < -0.39 is 0 Å². The number of likely N-dealkylation sites (tertiary alicyclic amines) is 1. The monoisotopic (exact) mass is 198 g/mol. The molecule has 2 rings (SSSR count). The summed E-state index contributed by atoms with van der Waals surface area (Å²) >= 11 is 4.96. The lowest BCUT2D eigenvalue weighted by molar-refractivity contribution is 0.203. The second-order valence-electron chi connectivity index (χ2n) is 4.34. The van der Waals surface area contributed by atoms with Crippen LogP contribution in [0.2, 0.25) is 0 Å². The molecule has 2 nitrogen and oxygen atoms in total. The van der Waals surface area contributed by atoms with Crippen molar-refractivity contribution in [3.05, 3.63) is 0 Å². The Morgan fingerprint density at radius 1 is 1.31 bits per heavy atom. The molecule has 1 heterocycles. The Hall–Kier alpha value is -0.150. The smallest absolute Gasteiger partial charge is 0.0870 e. The molecule has 1 aliphatic carbocycles. The van der Waals surface area contributed by atoms with E-state index >= 15 is 0 Å². The van der Waals surface area contributed by atoms with Gasteiger partial charge in [-0.15, -0.1) is 0 Å². The molecule has 0 aromatic carbocycles. The highest BCUT2D eigenvalue weighted by atomic mass is 32.1. The van der Waals surface area contributed by atoms with Crippen molar-refractivity contribution in [1.82, 2.24) is 4.90 Å². The summed E-state index contributed by atoms with van der Waals surface area (Å²) in [4.78, 5) is 3.15. The third-order valence-electron chi connectivity index (χ3n) is 3.48. The zero-order valence-electron chi connectivity index (χ0n) is 8.04. The molecule has 2 fully saturated rings. The van der Waals surface area contributed by atoms with Gasteiger partial charge in [0.2, 0.25) is 0 Å². The molecule has 0 unspecified atom stereocenters. The van der Waals surface area contributed by atoms with Crippen LogP contribution < -0.4 is 5.73 Å². The second-order valence-corrected chi connectivity index (χ2v) is 4.86. The first-order chi connectivity index (χ1) is 6.27. The fraction of sp³-hybridized carbons (Fsp3) is 0.900. The van der Waals surface area contributed by atoms with E-state index in [4.69, 9.17) is 18.0 Å². The summed E-state index contributed by atoms with van der Waals surface area (Å²) in [5.41, 5.74) is 5.58. The Morgan fingerprint density at radius 3 is 2.85 bits per heavy atom. The van der Waals surface area contributed by atoms with Crippen molar-refractivity contribution >= 4 is 17.2 Å². The predicted molar refractivity (Wildman–Crippen MR) is 58.7 cm³/mol. The maximum atomic E-state index is 5.58. The lowest BCUT2D eigenvalue weighted by Gasteiger charge is -2.31. The minimum atomic E-state index is 0.659. The van der Waals surface area contributed by atoms with E-state index in [9.17, 15) is 0 Å².